The van der Waals surface area contributed by atoms with E-state index in [1.807, 2.05) is 12.1 Å². The summed E-state index contributed by atoms with van der Waals surface area (Å²) < 4.78 is 0. The molecule has 1 rings (SSSR count). The molecule has 0 aromatic carbocycles. The summed E-state index contributed by atoms with van der Waals surface area (Å²) in [4.78, 5) is 1.97. The number of aliphatic hydroxyl groups excluding tert-OH is 1. The van der Waals surface area contributed by atoms with Crippen LogP contribution in [0.25, 0.3) is 0 Å². The minimum atomic E-state index is 0.274. The molecule has 4 heteroatoms. The van der Waals surface area contributed by atoms with E-state index in [0.717, 1.165) is 30.8 Å². The Morgan fingerprint density at radius 1 is 1.56 bits per heavy atom. The highest BCUT2D eigenvalue weighted by atomic mass is 32.1. The van der Waals surface area contributed by atoms with Gasteiger partial charge in [-0.1, -0.05) is 6.92 Å². The van der Waals surface area contributed by atoms with Crippen LogP contribution in [0.1, 0.15) is 29.5 Å². The van der Waals surface area contributed by atoms with Gasteiger partial charge < -0.3 is 10.4 Å². The fourth-order valence-corrected chi connectivity index (χ4v) is 2.19. The second-order valence-corrected chi connectivity index (χ2v) is 5.15. The SMILES string of the molecule is CC(CO)CCCNCc1ccc(C#N)s1. The molecule has 0 radical (unpaired) electrons. The van der Waals surface area contributed by atoms with Crippen molar-refractivity contribution < 1.29 is 5.11 Å². The van der Waals surface area contributed by atoms with Crippen LogP contribution in [0.3, 0.4) is 0 Å². The van der Waals surface area contributed by atoms with Gasteiger partial charge >= 0.3 is 0 Å². The van der Waals surface area contributed by atoms with E-state index in [9.17, 15) is 0 Å². The molecule has 0 saturated heterocycles. The summed E-state index contributed by atoms with van der Waals surface area (Å²) >= 11 is 1.54. The monoisotopic (exact) mass is 238 g/mol. The lowest BCUT2D eigenvalue weighted by Crippen LogP contribution is -2.15. The molecular formula is C12H18N2OS. The molecule has 0 bridgehead atoms. The van der Waals surface area contributed by atoms with Crippen LogP contribution in [0, 0.1) is 17.2 Å². The van der Waals surface area contributed by atoms with Crippen molar-refractivity contribution in [3.63, 3.8) is 0 Å². The number of hydrogen-bond donors (Lipinski definition) is 2. The van der Waals surface area contributed by atoms with Gasteiger partial charge in [0.1, 0.15) is 10.9 Å². The lowest BCUT2D eigenvalue weighted by Gasteiger charge is -2.07. The van der Waals surface area contributed by atoms with Crippen molar-refractivity contribution in [2.75, 3.05) is 13.2 Å². The molecule has 0 aliphatic heterocycles. The predicted octanol–water partition coefficient (Wildman–Crippen LogP) is 2.12. The molecule has 1 unspecified atom stereocenters. The average molecular weight is 238 g/mol. The number of nitrogens with one attached hydrogen (secondary N) is 1. The number of rotatable bonds is 7. The second-order valence-electron chi connectivity index (χ2n) is 3.98. The largest absolute Gasteiger partial charge is 0.396 e. The maximum absolute atomic E-state index is 8.85. The third kappa shape index (κ3) is 4.75. The average Bonchev–Trinajstić information content (AvgIpc) is 2.76. The molecule has 0 saturated carbocycles. The molecule has 3 nitrogen and oxygen atoms in total. The van der Waals surface area contributed by atoms with E-state index in [0.29, 0.717) is 5.92 Å². The first-order chi connectivity index (χ1) is 7.76. The normalized spacial score (nSPS) is 12.3. The van der Waals surface area contributed by atoms with Crippen LogP contribution in [0.2, 0.25) is 0 Å². The fourth-order valence-electron chi connectivity index (χ4n) is 1.41. The highest BCUT2D eigenvalue weighted by Gasteiger charge is 2.00. The molecule has 1 aromatic heterocycles. The lowest BCUT2D eigenvalue weighted by molar-refractivity contribution is 0.228. The van der Waals surface area contributed by atoms with Crippen molar-refractivity contribution in [1.29, 1.82) is 5.26 Å². The molecule has 2 N–H and O–H groups in total. The van der Waals surface area contributed by atoms with Crippen LogP contribution >= 0.6 is 11.3 Å². The van der Waals surface area contributed by atoms with Gasteiger partial charge in [-0.25, -0.2) is 0 Å². The van der Waals surface area contributed by atoms with Crippen molar-refractivity contribution in [3.05, 3.63) is 21.9 Å². The summed E-state index contributed by atoms with van der Waals surface area (Å²) in [6.45, 7) is 4.12. The van der Waals surface area contributed by atoms with E-state index >= 15 is 0 Å². The van der Waals surface area contributed by atoms with Gasteiger partial charge in [0.05, 0.1) is 0 Å². The molecule has 0 fully saturated rings. The van der Waals surface area contributed by atoms with Crippen molar-refractivity contribution in [1.82, 2.24) is 5.32 Å². The summed E-state index contributed by atoms with van der Waals surface area (Å²) in [5, 5.41) is 20.9. The van der Waals surface area contributed by atoms with E-state index in [4.69, 9.17) is 10.4 Å². The summed E-state index contributed by atoms with van der Waals surface area (Å²) in [6, 6.07) is 5.98. The molecule has 1 atom stereocenters. The number of thiophene rings is 1. The van der Waals surface area contributed by atoms with Gasteiger partial charge in [0.15, 0.2) is 0 Å². The molecule has 0 aliphatic rings. The first-order valence-electron chi connectivity index (χ1n) is 5.56. The van der Waals surface area contributed by atoms with Crippen molar-refractivity contribution in [3.8, 4) is 6.07 Å². The Morgan fingerprint density at radius 3 is 3.00 bits per heavy atom. The zero-order chi connectivity index (χ0) is 11.8. The standard InChI is InChI=1S/C12H18N2OS/c1-10(9-15)3-2-6-14-8-12-5-4-11(7-13)16-12/h4-5,10,14-15H,2-3,6,8-9H2,1H3. The number of nitriles is 1. The smallest absolute Gasteiger partial charge is 0.110 e. The van der Waals surface area contributed by atoms with Crippen LogP contribution in [-0.2, 0) is 6.54 Å². The minimum Gasteiger partial charge on any atom is -0.396 e. The summed E-state index contributed by atoms with van der Waals surface area (Å²) in [5.41, 5.74) is 0. The number of nitrogens with zero attached hydrogens (tertiary/aromatic N) is 1. The third-order valence-electron chi connectivity index (χ3n) is 2.43. The second kappa shape index (κ2) is 7.39. The van der Waals surface area contributed by atoms with Crippen LogP contribution in [-0.4, -0.2) is 18.3 Å². The van der Waals surface area contributed by atoms with Gasteiger partial charge in [-0.3, -0.25) is 0 Å². The highest BCUT2D eigenvalue weighted by Crippen LogP contribution is 2.14. The molecule has 0 aliphatic carbocycles. The fraction of sp³-hybridized carbons (Fsp3) is 0.583. The van der Waals surface area contributed by atoms with Crippen LogP contribution < -0.4 is 5.32 Å². The van der Waals surface area contributed by atoms with Crippen LogP contribution in [0.15, 0.2) is 12.1 Å². The molecule has 16 heavy (non-hydrogen) atoms. The topological polar surface area (TPSA) is 56.0 Å². The first-order valence-corrected chi connectivity index (χ1v) is 6.38. The zero-order valence-corrected chi connectivity index (χ0v) is 10.4. The van der Waals surface area contributed by atoms with Crippen LogP contribution in [0.4, 0.5) is 0 Å². The summed E-state index contributed by atoms with van der Waals surface area (Å²) in [6.07, 6.45) is 2.13. The van der Waals surface area contributed by atoms with Gasteiger partial charge in [0.25, 0.3) is 0 Å². The predicted molar refractivity (Wildman–Crippen MR) is 66.2 cm³/mol. The van der Waals surface area contributed by atoms with Crippen LogP contribution in [0.5, 0.6) is 0 Å². The summed E-state index contributed by atoms with van der Waals surface area (Å²) in [5.74, 6) is 0.397. The summed E-state index contributed by atoms with van der Waals surface area (Å²) in [7, 11) is 0. The van der Waals surface area contributed by atoms with Crippen molar-refractivity contribution >= 4 is 11.3 Å². The number of hydrogen-bond acceptors (Lipinski definition) is 4. The van der Waals surface area contributed by atoms with Crippen molar-refractivity contribution in [2.24, 2.45) is 5.92 Å². The molecular weight excluding hydrogens is 220 g/mol. The first kappa shape index (κ1) is 13.2. The Bertz CT molecular complexity index is 343. The maximum atomic E-state index is 8.85. The van der Waals surface area contributed by atoms with E-state index in [-0.39, 0.29) is 6.61 Å². The molecule has 0 amide bonds. The lowest BCUT2D eigenvalue weighted by atomic mass is 10.1. The third-order valence-corrected chi connectivity index (χ3v) is 3.42. The van der Waals surface area contributed by atoms with E-state index < -0.39 is 0 Å². The molecule has 1 heterocycles. The Balaban J connectivity index is 2.09. The number of aliphatic hydroxyl groups is 1. The van der Waals surface area contributed by atoms with E-state index in [2.05, 4.69) is 18.3 Å². The quantitative estimate of drug-likeness (QED) is 0.715. The molecule has 1 aromatic rings. The Labute approximate surface area is 101 Å². The Morgan fingerprint density at radius 2 is 2.38 bits per heavy atom. The minimum absolute atomic E-state index is 0.274. The zero-order valence-electron chi connectivity index (χ0n) is 9.57. The van der Waals surface area contributed by atoms with E-state index in [1.165, 1.54) is 16.2 Å². The Hall–Kier alpha value is -0.890. The molecule has 88 valence electrons. The van der Waals surface area contributed by atoms with Gasteiger partial charge in [-0.2, -0.15) is 5.26 Å². The highest BCUT2D eigenvalue weighted by molar-refractivity contribution is 7.12. The van der Waals surface area contributed by atoms with Gasteiger partial charge in [0.2, 0.25) is 0 Å². The van der Waals surface area contributed by atoms with Gasteiger partial charge in [-0.15, -0.1) is 11.3 Å². The van der Waals surface area contributed by atoms with Gasteiger partial charge in [0, 0.05) is 18.0 Å². The Kier molecular flexibility index (Phi) is 6.09. The van der Waals surface area contributed by atoms with E-state index in [1.54, 1.807) is 0 Å². The maximum Gasteiger partial charge on any atom is 0.110 e. The molecule has 0 spiro atoms. The van der Waals surface area contributed by atoms with Gasteiger partial charge in [-0.05, 0) is 37.4 Å². The van der Waals surface area contributed by atoms with Crippen molar-refractivity contribution in [2.45, 2.75) is 26.3 Å².